The normalized spacial score (nSPS) is 19.7. The third-order valence-corrected chi connectivity index (χ3v) is 4.18. The lowest BCUT2D eigenvalue weighted by atomic mass is 10.2. The van der Waals surface area contributed by atoms with Crippen molar-refractivity contribution in [1.82, 2.24) is 10.2 Å². The lowest BCUT2D eigenvalue weighted by molar-refractivity contribution is 0.210. The monoisotopic (exact) mass is 285 g/mol. The minimum absolute atomic E-state index is 0.0802. The van der Waals surface area contributed by atoms with Crippen LogP contribution in [-0.2, 0) is 0 Å². The zero-order valence-electron chi connectivity index (χ0n) is 8.24. The summed E-state index contributed by atoms with van der Waals surface area (Å²) < 4.78 is 1.09. The first kappa shape index (κ1) is 11.1. The van der Waals surface area contributed by atoms with Crippen LogP contribution < -0.4 is 5.32 Å². The first-order valence-electron chi connectivity index (χ1n) is 4.91. The number of nitriles is 1. The van der Waals surface area contributed by atoms with Gasteiger partial charge in [-0.05, 0) is 28.1 Å². The molecular formula is C10H12BrN3S. The Kier molecular flexibility index (Phi) is 3.76. The molecule has 1 aromatic heterocycles. The van der Waals surface area contributed by atoms with E-state index in [0.717, 1.165) is 34.8 Å². The number of halogens is 1. The second-order valence-corrected chi connectivity index (χ2v) is 5.95. The third kappa shape index (κ3) is 2.58. The number of nitrogens with one attached hydrogen (secondary N) is 1. The minimum Gasteiger partial charge on any atom is -0.314 e. The first-order chi connectivity index (χ1) is 7.31. The van der Waals surface area contributed by atoms with Crippen LogP contribution >= 0.6 is 27.3 Å². The summed E-state index contributed by atoms with van der Waals surface area (Å²) in [4.78, 5) is 3.36. The first-order valence-corrected chi connectivity index (χ1v) is 6.52. The average molecular weight is 286 g/mol. The summed E-state index contributed by atoms with van der Waals surface area (Å²) in [6, 6.07) is 6.35. The highest BCUT2D eigenvalue weighted by Gasteiger charge is 2.22. The Labute approximate surface area is 102 Å². The SMILES string of the molecule is N#CC(c1ccc(Br)s1)N1CCNCC1. The standard InChI is InChI=1S/C10H12BrN3S/c11-10-2-1-9(15-10)8(7-12)14-5-3-13-4-6-14/h1-2,8,13H,3-6H2. The van der Waals surface area contributed by atoms with Crippen molar-refractivity contribution in [3.63, 3.8) is 0 Å². The maximum Gasteiger partial charge on any atom is 0.133 e. The van der Waals surface area contributed by atoms with E-state index in [2.05, 4.69) is 32.2 Å². The number of hydrogen-bond acceptors (Lipinski definition) is 4. The van der Waals surface area contributed by atoms with E-state index in [1.54, 1.807) is 11.3 Å². The Morgan fingerprint density at radius 1 is 1.47 bits per heavy atom. The van der Waals surface area contributed by atoms with Gasteiger partial charge in [-0.1, -0.05) is 0 Å². The topological polar surface area (TPSA) is 39.1 Å². The maximum atomic E-state index is 9.22. The van der Waals surface area contributed by atoms with E-state index < -0.39 is 0 Å². The molecule has 1 unspecified atom stereocenters. The van der Waals surface area contributed by atoms with Crippen LogP contribution in [0.2, 0.25) is 0 Å². The molecule has 5 heteroatoms. The zero-order chi connectivity index (χ0) is 10.7. The molecule has 0 radical (unpaired) electrons. The largest absolute Gasteiger partial charge is 0.314 e. The predicted molar refractivity (Wildman–Crippen MR) is 64.8 cm³/mol. The van der Waals surface area contributed by atoms with Gasteiger partial charge in [0.1, 0.15) is 6.04 Å². The van der Waals surface area contributed by atoms with Crippen molar-refractivity contribution in [2.45, 2.75) is 6.04 Å². The van der Waals surface area contributed by atoms with Crippen molar-refractivity contribution in [3.8, 4) is 6.07 Å². The second kappa shape index (κ2) is 5.08. The van der Waals surface area contributed by atoms with Crippen molar-refractivity contribution in [2.75, 3.05) is 26.2 Å². The van der Waals surface area contributed by atoms with Gasteiger partial charge in [-0.2, -0.15) is 5.26 Å². The molecule has 0 amide bonds. The molecule has 2 rings (SSSR count). The molecule has 0 spiro atoms. The number of piperazine rings is 1. The highest BCUT2D eigenvalue weighted by atomic mass is 79.9. The van der Waals surface area contributed by atoms with Gasteiger partial charge in [0.05, 0.1) is 9.86 Å². The predicted octanol–water partition coefficient (Wildman–Crippen LogP) is 1.98. The molecule has 2 heterocycles. The molecule has 0 saturated carbocycles. The number of thiophene rings is 1. The number of rotatable bonds is 2. The molecule has 15 heavy (non-hydrogen) atoms. The Bertz CT molecular complexity index is 365. The highest BCUT2D eigenvalue weighted by molar-refractivity contribution is 9.11. The molecule has 1 aliphatic rings. The maximum absolute atomic E-state index is 9.22. The van der Waals surface area contributed by atoms with Crippen LogP contribution in [0.1, 0.15) is 10.9 Å². The van der Waals surface area contributed by atoms with E-state index in [1.807, 2.05) is 12.1 Å². The summed E-state index contributed by atoms with van der Waals surface area (Å²) in [5.41, 5.74) is 0. The van der Waals surface area contributed by atoms with E-state index in [-0.39, 0.29) is 6.04 Å². The molecule has 0 aromatic carbocycles. The van der Waals surface area contributed by atoms with Crippen LogP contribution in [0.15, 0.2) is 15.9 Å². The average Bonchev–Trinajstić information content (AvgIpc) is 2.68. The van der Waals surface area contributed by atoms with Gasteiger partial charge in [-0.3, -0.25) is 4.90 Å². The molecule has 3 nitrogen and oxygen atoms in total. The number of nitrogens with zero attached hydrogens (tertiary/aromatic N) is 2. The second-order valence-electron chi connectivity index (χ2n) is 3.46. The van der Waals surface area contributed by atoms with Gasteiger partial charge >= 0.3 is 0 Å². The van der Waals surface area contributed by atoms with Gasteiger partial charge in [-0.15, -0.1) is 11.3 Å². The van der Waals surface area contributed by atoms with Crippen LogP contribution in [0, 0.1) is 11.3 Å². The van der Waals surface area contributed by atoms with Gasteiger partial charge < -0.3 is 5.32 Å². The summed E-state index contributed by atoms with van der Waals surface area (Å²) >= 11 is 5.08. The zero-order valence-corrected chi connectivity index (χ0v) is 10.6. The smallest absolute Gasteiger partial charge is 0.133 e. The molecule has 1 saturated heterocycles. The Morgan fingerprint density at radius 3 is 2.73 bits per heavy atom. The van der Waals surface area contributed by atoms with Crippen LogP contribution in [0.3, 0.4) is 0 Å². The van der Waals surface area contributed by atoms with Crippen LogP contribution in [0.5, 0.6) is 0 Å². The summed E-state index contributed by atoms with van der Waals surface area (Å²) in [5, 5.41) is 12.5. The van der Waals surface area contributed by atoms with Gasteiger partial charge in [0.25, 0.3) is 0 Å². The van der Waals surface area contributed by atoms with Crippen LogP contribution in [0.4, 0.5) is 0 Å². The van der Waals surface area contributed by atoms with Crippen molar-refractivity contribution >= 4 is 27.3 Å². The van der Waals surface area contributed by atoms with Gasteiger partial charge in [0.15, 0.2) is 0 Å². The molecular weight excluding hydrogens is 274 g/mol. The van der Waals surface area contributed by atoms with Gasteiger partial charge in [-0.25, -0.2) is 0 Å². The van der Waals surface area contributed by atoms with E-state index in [1.165, 1.54) is 0 Å². The quantitative estimate of drug-likeness (QED) is 0.903. The molecule has 1 atom stereocenters. The van der Waals surface area contributed by atoms with Crippen molar-refractivity contribution in [1.29, 1.82) is 5.26 Å². The van der Waals surface area contributed by atoms with E-state index >= 15 is 0 Å². The highest BCUT2D eigenvalue weighted by Crippen LogP contribution is 2.30. The summed E-state index contributed by atoms with van der Waals surface area (Å²) in [5.74, 6) is 0. The van der Waals surface area contributed by atoms with Gasteiger partial charge in [0.2, 0.25) is 0 Å². The summed E-state index contributed by atoms with van der Waals surface area (Å²) in [6.45, 7) is 3.86. The van der Waals surface area contributed by atoms with Gasteiger partial charge in [0, 0.05) is 31.1 Å². The Morgan fingerprint density at radius 2 is 2.20 bits per heavy atom. The Hall–Kier alpha value is -0.410. The minimum atomic E-state index is -0.0802. The molecule has 0 bridgehead atoms. The molecule has 1 aromatic rings. The van der Waals surface area contributed by atoms with Crippen LogP contribution in [0.25, 0.3) is 0 Å². The van der Waals surface area contributed by atoms with Crippen molar-refractivity contribution < 1.29 is 0 Å². The van der Waals surface area contributed by atoms with E-state index in [0.29, 0.717) is 0 Å². The molecule has 1 fully saturated rings. The van der Waals surface area contributed by atoms with Crippen molar-refractivity contribution in [3.05, 3.63) is 20.8 Å². The third-order valence-electron chi connectivity index (χ3n) is 2.50. The fourth-order valence-corrected chi connectivity index (χ4v) is 3.24. The van der Waals surface area contributed by atoms with Crippen molar-refractivity contribution in [2.24, 2.45) is 0 Å². The van der Waals surface area contributed by atoms with E-state index in [9.17, 15) is 5.26 Å². The molecule has 80 valence electrons. The lowest BCUT2D eigenvalue weighted by Crippen LogP contribution is -2.44. The van der Waals surface area contributed by atoms with E-state index in [4.69, 9.17) is 0 Å². The summed E-state index contributed by atoms with van der Waals surface area (Å²) in [7, 11) is 0. The fraction of sp³-hybridized carbons (Fsp3) is 0.500. The fourth-order valence-electron chi connectivity index (χ4n) is 1.74. The van der Waals surface area contributed by atoms with Crippen LogP contribution in [-0.4, -0.2) is 31.1 Å². The molecule has 1 aliphatic heterocycles. The molecule has 0 aliphatic carbocycles. The summed E-state index contributed by atoms with van der Waals surface area (Å²) in [6.07, 6.45) is 0. The molecule has 1 N–H and O–H groups in total. The number of hydrogen-bond donors (Lipinski definition) is 1. The lowest BCUT2D eigenvalue weighted by Gasteiger charge is -2.30. The Balaban J connectivity index is 2.13.